The number of nitrogens with zero attached hydrogens (tertiary/aromatic N) is 1. The molecule has 12 heteroatoms. The molecule has 11 nitrogen and oxygen atoms in total. The minimum absolute atomic E-state index is 0.0780. The average Bonchev–Trinajstić information content (AvgIpc) is 3.39. The van der Waals surface area contributed by atoms with E-state index in [2.05, 4.69) is 11.6 Å². The van der Waals surface area contributed by atoms with Gasteiger partial charge in [-0.15, -0.1) is 6.58 Å². The van der Waals surface area contributed by atoms with Crippen molar-refractivity contribution in [3.8, 4) is 5.75 Å². The summed E-state index contributed by atoms with van der Waals surface area (Å²) in [5.41, 5.74) is -0.966. The molecule has 1 saturated heterocycles. The van der Waals surface area contributed by atoms with E-state index in [0.29, 0.717) is 5.75 Å². The fraction of sp³-hybridized carbons (Fsp3) is 0.297. The topological polar surface area (TPSA) is 127 Å². The Balaban J connectivity index is 1.64. The van der Waals surface area contributed by atoms with Crippen molar-refractivity contribution < 1.29 is 33.2 Å². The summed E-state index contributed by atoms with van der Waals surface area (Å²) in [6.07, 6.45) is -1.51. The molecule has 1 aliphatic rings. The molecular weight excluding hydrogens is 648 g/mol. The second-order valence-electron chi connectivity index (χ2n) is 11.5. The van der Waals surface area contributed by atoms with Gasteiger partial charge >= 0.3 is 16.9 Å². The molecule has 2 heterocycles. The number of ether oxygens (including phenoxy) is 6. The zero-order valence-electron chi connectivity index (χ0n) is 27.2. The minimum Gasteiger partial charge on any atom is -0.459 e. The van der Waals surface area contributed by atoms with Crippen molar-refractivity contribution in [2.24, 2.45) is 0 Å². The van der Waals surface area contributed by atoms with Crippen LogP contribution in [0.1, 0.15) is 36.3 Å². The Hall–Kier alpha value is -4.88. The summed E-state index contributed by atoms with van der Waals surface area (Å²) in [4.78, 5) is 40.7. The fourth-order valence-electron chi connectivity index (χ4n) is 5.68. The van der Waals surface area contributed by atoms with Gasteiger partial charge in [0.05, 0.1) is 19.8 Å². The van der Waals surface area contributed by atoms with Crippen molar-refractivity contribution in [1.82, 2.24) is 9.55 Å². The van der Waals surface area contributed by atoms with E-state index in [1.807, 2.05) is 66.7 Å². The van der Waals surface area contributed by atoms with Crippen LogP contribution in [0.3, 0.4) is 0 Å². The lowest BCUT2D eigenvalue weighted by Gasteiger charge is -2.39. The molecule has 49 heavy (non-hydrogen) atoms. The number of rotatable bonds is 14. The molecule has 0 spiro atoms. The molecule has 0 radical (unpaired) electrons. The van der Waals surface area contributed by atoms with E-state index < -0.39 is 47.4 Å². The number of esters is 1. The Kier molecular flexibility index (Phi) is 11.9. The van der Waals surface area contributed by atoms with E-state index >= 15 is 0 Å². The summed E-state index contributed by atoms with van der Waals surface area (Å²) in [5.74, 6) is -0.163. The molecule has 1 fully saturated rings. The lowest BCUT2D eigenvalue weighted by Crippen LogP contribution is -2.58. The standard InChI is InChI=1S/C37H38N2O9S/c1-4-14-30(45-26(3)40)37(24-43-22-27-15-8-5-9-16-27)32(44-23-28-17-10-6-11-18-28)31(47-36(49)46-29-19-12-7-13-20-29)34(48-37)39-21-25(2)33(41)38-35(39)42/h4-13,15-21,30-32,34H,1,14,22-24H2,2-3H3,(H,38,41,42)/t30-,31+,32-,34+,37-/m0/s1. The number of carbonyl (C=O) groups is 1. The Morgan fingerprint density at radius 3 is 2.22 bits per heavy atom. The maximum atomic E-state index is 13.4. The summed E-state index contributed by atoms with van der Waals surface area (Å²) in [5, 5.41) is -0.277. The predicted octanol–water partition coefficient (Wildman–Crippen LogP) is 5.17. The maximum Gasteiger partial charge on any atom is 0.358 e. The second-order valence-corrected chi connectivity index (χ2v) is 11.8. The van der Waals surface area contributed by atoms with E-state index in [1.54, 1.807) is 37.3 Å². The van der Waals surface area contributed by atoms with Crippen LogP contribution in [-0.4, -0.2) is 51.3 Å². The largest absolute Gasteiger partial charge is 0.459 e. The van der Waals surface area contributed by atoms with Crippen LogP contribution >= 0.6 is 12.2 Å². The Morgan fingerprint density at radius 2 is 1.61 bits per heavy atom. The van der Waals surface area contributed by atoms with Crippen molar-refractivity contribution in [2.45, 2.75) is 63.6 Å². The van der Waals surface area contributed by atoms with E-state index in [1.165, 1.54) is 17.7 Å². The molecule has 0 aliphatic carbocycles. The molecule has 3 aromatic carbocycles. The zero-order chi connectivity index (χ0) is 34.8. The van der Waals surface area contributed by atoms with Crippen LogP contribution in [0.25, 0.3) is 0 Å². The third kappa shape index (κ3) is 8.78. The molecule has 1 aromatic heterocycles. The van der Waals surface area contributed by atoms with Gasteiger partial charge in [0.25, 0.3) is 5.56 Å². The van der Waals surface area contributed by atoms with E-state index in [-0.39, 0.29) is 37.0 Å². The van der Waals surface area contributed by atoms with Crippen LogP contribution in [0, 0.1) is 6.92 Å². The van der Waals surface area contributed by atoms with Crippen molar-refractivity contribution in [3.05, 3.63) is 147 Å². The van der Waals surface area contributed by atoms with Crippen LogP contribution in [0.5, 0.6) is 5.75 Å². The lowest BCUT2D eigenvalue weighted by molar-refractivity contribution is -0.215. The van der Waals surface area contributed by atoms with Crippen molar-refractivity contribution in [2.75, 3.05) is 6.61 Å². The molecule has 4 aromatic rings. The molecule has 1 N–H and O–H groups in total. The number of hydrogen-bond donors (Lipinski definition) is 1. The molecule has 1 aliphatic heterocycles. The number of H-pyrrole nitrogens is 1. The van der Waals surface area contributed by atoms with Crippen LogP contribution in [0.4, 0.5) is 0 Å². The highest BCUT2D eigenvalue weighted by Gasteiger charge is 2.63. The van der Waals surface area contributed by atoms with Gasteiger partial charge in [-0.3, -0.25) is 19.1 Å². The molecule has 0 amide bonds. The molecule has 0 saturated carbocycles. The summed E-state index contributed by atoms with van der Waals surface area (Å²) < 4.78 is 39.1. The lowest BCUT2D eigenvalue weighted by atomic mass is 9.87. The number of benzene rings is 3. The van der Waals surface area contributed by atoms with Crippen LogP contribution in [0.15, 0.2) is 119 Å². The van der Waals surface area contributed by atoms with Crippen molar-refractivity contribution in [3.63, 3.8) is 0 Å². The highest BCUT2D eigenvalue weighted by atomic mass is 32.1. The number of nitrogens with one attached hydrogen (secondary N) is 1. The number of aryl methyl sites for hydroxylation is 1. The smallest absolute Gasteiger partial charge is 0.358 e. The van der Waals surface area contributed by atoms with Gasteiger partial charge < -0.3 is 28.4 Å². The SMILES string of the molecule is C=CC[C@H](OC(C)=O)[C@]1(COCc2ccccc2)O[C@@H](n2cc(C)c(=O)[nH]c2=O)[C@H](OC(=S)Oc2ccccc2)[C@@H]1OCc1ccccc1. The summed E-state index contributed by atoms with van der Waals surface area (Å²) in [6.45, 7) is 6.82. The number of aromatic amines is 1. The first-order valence-corrected chi connectivity index (χ1v) is 16.1. The number of carbonyl (C=O) groups excluding carboxylic acids is 1. The van der Waals surface area contributed by atoms with E-state index in [9.17, 15) is 14.4 Å². The third-order valence-corrected chi connectivity index (χ3v) is 8.12. The summed E-state index contributed by atoms with van der Waals surface area (Å²) in [7, 11) is 0. The van der Waals surface area contributed by atoms with Crippen LogP contribution in [-0.2, 0) is 41.7 Å². The first kappa shape index (κ1) is 35.4. The highest BCUT2D eigenvalue weighted by molar-refractivity contribution is 7.79. The number of thiocarbonyl (C=S) groups is 1. The predicted molar refractivity (Wildman–Crippen MR) is 185 cm³/mol. The van der Waals surface area contributed by atoms with Gasteiger partial charge in [-0.05, 0) is 30.2 Å². The molecule has 5 atom stereocenters. The van der Waals surface area contributed by atoms with Gasteiger partial charge in [0, 0.05) is 37.3 Å². The van der Waals surface area contributed by atoms with E-state index in [0.717, 1.165) is 11.1 Å². The van der Waals surface area contributed by atoms with Gasteiger partial charge in [0.15, 0.2) is 17.9 Å². The summed E-state index contributed by atoms with van der Waals surface area (Å²) in [6, 6.07) is 27.7. The molecule has 0 unspecified atom stereocenters. The quantitative estimate of drug-likeness (QED) is 0.108. The van der Waals surface area contributed by atoms with Gasteiger partial charge in [-0.25, -0.2) is 4.79 Å². The van der Waals surface area contributed by atoms with Crippen LogP contribution < -0.4 is 16.0 Å². The number of para-hydroxylation sites is 1. The maximum absolute atomic E-state index is 13.4. The van der Waals surface area contributed by atoms with Crippen molar-refractivity contribution in [1.29, 1.82) is 0 Å². The Bertz CT molecular complexity index is 1830. The first-order chi connectivity index (χ1) is 23.7. The van der Waals surface area contributed by atoms with E-state index in [4.69, 9.17) is 40.6 Å². The monoisotopic (exact) mass is 686 g/mol. The molecule has 5 rings (SSSR count). The Labute approximate surface area is 289 Å². The third-order valence-electron chi connectivity index (χ3n) is 7.94. The number of aromatic nitrogens is 2. The fourth-order valence-corrected chi connectivity index (χ4v) is 5.89. The molecular formula is C37H38N2O9S. The van der Waals surface area contributed by atoms with Gasteiger partial charge in [-0.2, -0.15) is 0 Å². The average molecular weight is 687 g/mol. The van der Waals surface area contributed by atoms with Gasteiger partial charge in [-0.1, -0.05) is 84.9 Å². The van der Waals surface area contributed by atoms with Gasteiger partial charge in [0.2, 0.25) is 0 Å². The molecule has 256 valence electrons. The normalized spacial score (nSPS) is 20.7. The highest BCUT2D eigenvalue weighted by Crippen LogP contribution is 2.45. The van der Waals surface area contributed by atoms with Crippen LogP contribution in [0.2, 0.25) is 0 Å². The minimum atomic E-state index is -1.61. The second kappa shape index (κ2) is 16.5. The summed E-state index contributed by atoms with van der Waals surface area (Å²) >= 11 is 5.57. The van der Waals surface area contributed by atoms with Crippen molar-refractivity contribution >= 4 is 23.4 Å². The zero-order valence-corrected chi connectivity index (χ0v) is 28.0. The Morgan fingerprint density at radius 1 is 1.00 bits per heavy atom. The molecule has 0 bridgehead atoms. The first-order valence-electron chi connectivity index (χ1n) is 15.7. The van der Waals surface area contributed by atoms with Gasteiger partial charge in [0.1, 0.15) is 18.0 Å². The number of hydrogen-bond acceptors (Lipinski definition) is 10.